The SMILES string of the molecule is COc1ccccc1-n1c(C)cc(CNC(=O)Nc2cccc(Cl)c2C)c1C. The van der Waals surface area contributed by atoms with Crippen LogP contribution in [0.4, 0.5) is 10.5 Å². The molecule has 0 bridgehead atoms. The average Bonchev–Trinajstić information content (AvgIpc) is 2.97. The first kappa shape index (κ1) is 19.8. The fourth-order valence-electron chi connectivity index (χ4n) is 3.28. The Labute approximate surface area is 170 Å². The van der Waals surface area contributed by atoms with Gasteiger partial charge in [-0.1, -0.05) is 29.8 Å². The van der Waals surface area contributed by atoms with Gasteiger partial charge in [0.1, 0.15) is 5.75 Å². The Kier molecular flexibility index (Phi) is 5.95. The van der Waals surface area contributed by atoms with Gasteiger partial charge in [0.05, 0.1) is 12.8 Å². The number of ether oxygens (including phenoxy) is 1. The van der Waals surface area contributed by atoms with Crippen LogP contribution in [0.1, 0.15) is 22.5 Å². The monoisotopic (exact) mass is 397 g/mol. The Morgan fingerprint density at radius 3 is 2.61 bits per heavy atom. The summed E-state index contributed by atoms with van der Waals surface area (Å²) in [6.07, 6.45) is 0. The second-order valence-electron chi connectivity index (χ2n) is 6.62. The highest BCUT2D eigenvalue weighted by Crippen LogP contribution is 2.28. The van der Waals surface area contributed by atoms with Gasteiger partial charge in [0.25, 0.3) is 0 Å². The van der Waals surface area contributed by atoms with Gasteiger partial charge < -0.3 is 19.9 Å². The van der Waals surface area contributed by atoms with Crippen molar-refractivity contribution in [3.63, 3.8) is 0 Å². The van der Waals surface area contributed by atoms with Gasteiger partial charge in [0.15, 0.2) is 0 Å². The number of nitrogens with one attached hydrogen (secondary N) is 2. The smallest absolute Gasteiger partial charge is 0.319 e. The molecular weight excluding hydrogens is 374 g/mol. The summed E-state index contributed by atoms with van der Waals surface area (Å²) in [4.78, 5) is 12.3. The van der Waals surface area contributed by atoms with E-state index in [4.69, 9.17) is 16.3 Å². The van der Waals surface area contributed by atoms with Gasteiger partial charge in [-0.3, -0.25) is 0 Å². The van der Waals surface area contributed by atoms with Crippen LogP contribution in [-0.4, -0.2) is 17.7 Å². The van der Waals surface area contributed by atoms with Crippen molar-refractivity contribution in [2.24, 2.45) is 0 Å². The topological polar surface area (TPSA) is 55.3 Å². The molecule has 0 spiro atoms. The van der Waals surface area contributed by atoms with Crippen LogP contribution in [0.5, 0.6) is 5.75 Å². The average molecular weight is 398 g/mol. The number of carbonyl (C=O) groups is 1. The molecule has 0 atom stereocenters. The van der Waals surface area contributed by atoms with Crippen LogP contribution in [0.2, 0.25) is 5.02 Å². The largest absolute Gasteiger partial charge is 0.495 e. The summed E-state index contributed by atoms with van der Waals surface area (Å²) in [5.74, 6) is 0.804. The van der Waals surface area contributed by atoms with Crippen molar-refractivity contribution < 1.29 is 9.53 Å². The van der Waals surface area contributed by atoms with Gasteiger partial charge in [-0.25, -0.2) is 4.79 Å². The zero-order valence-electron chi connectivity index (χ0n) is 16.5. The van der Waals surface area contributed by atoms with E-state index in [-0.39, 0.29) is 6.03 Å². The molecule has 2 amide bonds. The molecule has 6 heteroatoms. The lowest BCUT2D eigenvalue weighted by Crippen LogP contribution is -2.28. The van der Waals surface area contributed by atoms with Gasteiger partial charge in [-0.2, -0.15) is 0 Å². The third kappa shape index (κ3) is 3.99. The Bertz CT molecular complexity index is 1010. The van der Waals surface area contributed by atoms with E-state index in [0.29, 0.717) is 17.3 Å². The zero-order valence-corrected chi connectivity index (χ0v) is 17.2. The lowest BCUT2D eigenvalue weighted by molar-refractivity contribution is 0.251. The number of hydrogen-bond acceptors (Lipinski definition) is 2. The molecule has 0 unspecified atom stereocenters. The molecule has 3 aromatic rings. The lowest BCUT2D eigenvalue weighted by atomic mass is 10.2. The quantitative estimate of drug-likeness (QED) is 0.606. The molecule has 0 aliphatic heterocycles. The minimum Gasteiger partial charge on any atom is -0.495 e. The molecule has 2 aromatic carbocycles. The van der Waals surface area contributed by atoms with Crippen molar-refractivity contribution in [3.05, 3.63) is 76.1 Å². The molecule has 2 N–H and O–H groups in total. The predicted molar refractivity (Wildman–Crippen MR) is 114 cm³/mol. The number of amides is 2. The van der Waals surface area contributed by atoms with Crippen molar-refractivity contribution >= 4 is 23.3 Å². The maximum absolute atomic E-state index is 12.3. The standard InChI is InChI=1S/C22H24ClN3O2/c1-14-12-17(16(3)26(14)20-10-5-6-11-21(20)28-4)13-24-22(27)25-19-9-7-8-18(23)15(19)2/h5-12H,13H2,1-4H3,(H2,24,25,27). The summed E-state index contributed by atoms with van der Waals surface area (Å²) >= 11 is 6.11. The third-order valence-electron chi connectivity index (χ3n) is 4.82. The van der Waals surface area contributed by atoms with Gasteiger partial charge >= 0.3 is 6.03 Å². The summed E-state index contributed by atoms with van der Waals surface area (Å²) < 4.78 is 7.63. The van der Waals surface area contributed by atoms with E-state index in [1.165, 1.54) is 0 Å². The van der Waals surface area contributed by atoms with Crippen LogP contribution < -0.4 is 15.4 Å². The summed E-state index contributed by atoms with van der Waals surface area (Å²) in [6.45, 7) is 6.37. The molecule has 0 saturated heterocycles. The molecule has 0 saturated carbocycles. The number of urea groups is 1. The van der Waals surface area contributed by atoms with E-state index < -0.39 is 0 Å². The molecule has 0 radical (unpaired) electrons. The fourth-order valence-corrected chi connectivity index (χ4v) is 3.45. The van der Waals surface area contributed by atoms with Crippen LogP contribution in [-0.2, 0) is 6.54 Å². The maximum Gasteiger partial charge on any atom is 0.319 e. The number of carbonyl (C=O) groups excluding carboxylic acids is 1. The molecule has 5 nitrogen and oxygen atoms in total. The first-order valence-corrected chi connectivity index (χ1v) is 9.41. The third-order valence-corrected chi connectivity index (χ3v) is 5.23. The number of aromatic nitrogens is 1. The van der Waals surface area contributed by atoms with E-state index >= 15 is 0 Å². The van der Waals surface area contributed by atoms with Crippen molar-refractivity contribution in [2.45, 2.75) is 27.3 Å². The lowest BCUT2D eigenvalue weighted by Gasteiger charge is -2.14. The maximum atomic E-state index is 12.3. The summed E-state index contributed by atoms with van der Waals surface area (Å²) in [6, 6.07) is 15.1. The Morgan fingerprint density at radius 2 is 1.86 bits per heavy atom. The number of para-hydroxylation sites is 2. The molecule has 3 rings (SSSR count). The minimum atomic E-state index is -0.271. The molecular formula is C22H24ClN3O2. The summed E-state index contributed by atoms with van der Waals surface area (Å²) in [5, 5.41) is 6.39. The first-order valence-electron chi connectivity index (χ1n) is 9.03. The second-order valence-corrected chi connectivity index (χ2v) is 7.03. The van der Waals surface area contributed by atoms with Crippen LogP contribution >= 0.6 is 11.6 Å². The van der Waals surface area contributed by atoms with E-state index in [0.717, 1.165) is 34.0 Å². The number of anilines is 1. The second kappa shape index (κ2) is 8.40. The summed E-state index contributed by atoms with van der Waals surface area (Å²) in [5.41, 5.74) is 5.69. The van der Waals surface area contributed by atoms with Crippen LogP contribution in [0.15, 0.2) is 48.5 Å². The van der Waals surface area contributed by atoms with E-state index in [9.17, 15) is 4.79 Å². The number of methoxy groups -OCH3 is 1. The first-order chi connectivity index (χ1) is 13.4. The number of rotatable bonds is 5. The van der Waals surface area contributed by atoms with Crippen LogP contribution in [0.25, 0.3) is 5.69 Å². The summed E-state index contributed by atoms with van der Waals surface area (Å²) in [7, 11) is 1.66. The number of aryl methyl sites for hydroxylation is 1. The van der Waals surface area contributed by atoms with Gasteiger partial charge in [-0.05, 0) is 62.2 Å². The van der Waals surface area contributed by atoms with E-state index in [1.54, 1.807) is 13.2 Å². The van der Waals surface area contributed by atoms with Gasteiger partial charge in [0, 0.05) is 28.6 Å². The number of benzene rings is 2. The highest BCUT2D eigenvalue weighted by atomic mass is 35.5. The Hall–Kier alpha value is -2.92. The molecule has 28 heavy (non-hydrogen) atoms. The minimum absolute atomic E-state index is 0.271. The highest BCUT2D eigenvalue weighted by Gasteiger charge is 2.14. The number of halogens is 1. The van der Waals surface area contributed by atoms with Crippen molar-refractivity contribution in [3.8, 4) is 11.4 Å². The normalized spacial score (nSPS) is 10.6. The van der Waals surface area contributed by atoms with Crippen molar-refractivity contribution in [1.29, 1.82) is 0 Å². The van der Waals surface area contributed by atoms with E-state index in [2.05, 4.69) is 21.3 Å². The number of nitrogens with zero attached hydrogens (tertiary/aromatic N) is 1. The zero-order chi connectivity index (χ0) is 20.3. The highest BCUT2D eigenvalue weighted by molar-refractivity contribution is 6.31. The van der Waals surface area contributed by atoms with Crippen LogP contribution in [0, 0.1) is 20.8 Å². The Balaban J connectivity index is 1.75. The molecule has 1 aromatic heterocycles. The van der Waals surface area contributed by atoms with Crippen molar-refractivity contribution in [2.75, 3.05) is 12.4 Å². The molecule has 1 heterocycles. The molecule has 146 valence electrons. The van der Waals surface area contributed by atoms with Gasteiger partial charge in [-0.15, -0.1) is 0 Å². The predicted octanol–water partition coefficient (Wildman–Crippen LogP) is 5.39. The molecule has 0 fully saturated rings. The molecule has 0 aliphatic carbocycles. The molecule has 0 aliphatic rings. The van der Waals surface area contributed by atoms with E-state index in [1.807, 2.05) is 57.2 Å². The fraction of sp³-hybridized carbons (Fsp3) is 0.227. The van der Waals surface area contributed by atoms with Gasteiger partial charge in [0.2, 0.25) is 0 Å². The number of hydrogen-bond donors (Lipinski definition) is 2. The Morgan fingerprint density at radius 1 is 1.11 bits per heavy atom. The van der Waals surface area contributed by atoms with Crippen molar-refractivity contribution in [1.82, 2.24) is 9.88 Å². The van der Waals surface area contributed by atoms with Crippen LogP contribution in [0.3, 0.4) is 0 Å².